The van der Waals surface area contributed by atoms with Crippen LogP contribution < -0.4 is 5.32 Å². The molecule has 4 amide bonds. The lowest BCUT2D eigenvalue weighted by atomic mass is 9.94. The van der Waals surface area contributed by atoms with Gasteiger partial charge < -0.3 is 20.0 Å². The minimum Gasteiger partial charge on any atom is -0.343 e. The highest BCUT2D eigenvalue weighted by molar-refractivity contribution is 5.82. The van der Waals surface area contributed by atoms with E-state index in [1.165, 1.54) is 0 Å². The third kappa shape index (κ3) is 4.85. The molecule has 2 heterocycles. The van der Waals surface area contributed by atoms with Crippen molar-refractivity contribution in [2.24, 2.45) is 5.41 Å². The van der Waals surface area contributed by atoms with E-state index in [1.807, 2.05) is 30.6 Å². The van der Waals surface area contributed by atoms with Gasteiger partial charge in [0, 0.05) is 57.6 Å². The fourth-order valence-corrected chi connectivity index (χ4v) is 3.10. The zero-order chi connectivity index (χ0) is 17.7. The lowest BCUT2D eigenvalue weighted by molar-refractivity contribution is -0.140. The summed E-state index contributed by atoms with van der Waals surface area (Å²) in [5.74, 6) is 0.360. The highest BCUT2D eigenvalue weighted by atomic mass is 16.2. The maximum Gasteiger partial charge on any atom is 0.317 e. The number of likely N-dealkylation sites (tertiary alicyclic amines) is 1. The first-order valence-electron chi connectivity index (χ1n) is 8.89. The molecule has 2 rings (SSSR count). The first-order valence-corrected chi connectivity index (χ1v) is 8.89. The molecule has 0 radical (unpaired) electrons. The number of nitrogens with zero attached hydrogens (tertiary/aromatic N) is 3. The van der Waals surface area contributed by atoms with Crippen LogP contribution in [0.25, 0.3) is 0 Å². The van der Waals surface area contributed by atoms with E-state index < -0.39 is 0 Å². The summed E-state index contributed by atoms with van der Waals surface area (Å²) in [4.78, 5) is 41.4. The number of hydrogen-bond donors (Lipinski definition) is 1. The monoisotopic (exact) mass is 338 g/mol. The molecule has 0 saturated carbocycles. The Hall–Kier alpha value is -1.79. The van der Waals surface area contributed by atoms with Crippen molar-refractivity contribution in [1.82, 2.24) is 20.0 Å². The minimum atomic E-state index is -0.378. The van der Waals surface area contributed by atoms with Gasteiger partial charge >= 0.3 is 6.03 Å². The predicted octanol–water partition coefficient (Wildman–Crippen LogP) is 0.899. The largest absolute Gasteiger partial charge is 0.343 e. The fraction of sp³-hybridized carbons (Fsp3) is 0.824. The summed E-state index contributed by atoms with van der Waals surface area (Å²) >= 11 is 0. The molecule has 0 aromatic heterocycles. The molecule has 24 heavy (non-hydrogen) atoms. The molecule has 1 N–H and O–H groups in total. The molecule has 0 aliphatic carbocycles. The van der Waals surface area contributed by atoms with Crippen molar-refractivity contribution in [2.75, 3.05) is 45.8 Å². The number of carbonyl (C=O) groups excluding carboxylic acids is 3. The van der Waals surface area contributed by atoms with Crippen LogP contribution in [0.3, 0.4) is 0 Å². The van der Waals surface area contributed by atoms with Crippen LogP contribution in [-0.4, -0.2) is 78.4 Å². The van der Waals surface area contributed by atoms with Crippen molar-refractivity contribution in [3.05, 3.63) is 0 Å². The van der Waals surface area contributed by atoms with E-state index in [1.54, 1.807) is 4.90 Å². The third-order valence-electron chi connectivity index (χ3n) is 4.55. The fourth-order valence-electron chi connectivity index (χ4n) is 3.10. The Morgan fingerprint density at radius 2 is 1.67 bits per heavy atom. The van der Waals surface area contributed by atoms with Crippen molar-refractivity contribution in [3.63, 3.8) is 0 Å². The van der Waals surface area contributed by atoms with E-state index in [2.05, 4.69) is 5.32 Å². The van der Waals surface area contributed by atoms with Gasteiger partial charge in [-0.15, -0.1) is 0 Å². The van der Waals surface area contributed by atoms with Gasteiger partial charge in [0.25, 0.3) is 0 Å². The molecule has 7 nitrogen and oxygen atoms in total. The first kappa shape index (κ1) is 18.5. The highest BCUT2D eigenvalue weighted by Gasteiger charge is 2.30. The van der Waals surface area contributed by atoms with E-state index in [0.29, 0.717) is 45.7 Å². The smallest absolute Gasteiger partial charge is 0.317 e. The van der Waals surface area contributed by atoms with Crippen LogP contribution in [0.1, 0.15) is 40.0 Å². The molecule has 0 unspecified atom stereocenters. The van der Waals surface area contributed by atoms with Gasteiger partial charge in [0.15, 0.2) is 0 Å². The lowest BCUT2D eigenvalue weighted by Gasteiger charge is -2.37. The van der Waals surface area contributed by atoms with Crippen molar-refractivity contribution in [1.29, 1.82) is 0 Å². The Kier molecular flexibility index (Phi) is 6.07. The van der Waals surface area contributed by atoms with Crippen molar-refractivity contribution in [3.8, 4) is 0 Å². The molecule has 136 valence electrons. The normalized spacial score (nSPS) is 19.0. The van der Waals surface area contributed by atoms with Crippen LogP contribution in [0.15, 0.2) is 0 Å². The van der Waals surface area contributed by atoms with Crippen molar-refractivity contribution < 1.29 is 14.4 Å². The summed E-state index contributed by atoms with van der Waals surface area (Å²) in [6, 6.07) is -0.0781. The van der Waals surface area contributed by atoms with Crippen LogP contribution in [0, 0.1) is 5.41 Å². The Morgan fingerprint density at radius 3 is 2.21 bits per heavy atom. The highest BCUT2D eigenvalue weighted by Crippen LogP contribution is 2.18. The Bertz CT molecular complexity index is 479. The minimum absolute atomic E-state index is 0.0781. The van der Waals surface area contributed by atoms with Gasteiger partial charge in [0.2, 0.25) is 11.8 Å². The van der Waals surface area contributed by atoms with Crippen LogP contribution in [0.2, 0.25) is 0 Å². The number of urea groups is 1. The number of carbonyl (C=O) groups is 3. The maximum atomic E-state index is 12.2. The summed E-state index contributed by atoms with van der Waals surface area (Å²) < 4.78 is 0. The van der Waals surface area contributed by atoms with Crippen molar-refractivity contribution in [2.45, 2.75) is 40.0 Å². The van der Waals surface area contributed by atoms with E-state index in [9.17, 15) is 14.4 Å². The van der Waals surface area contributed by atoms with Crippen LogP contribution >= 0.6 is 0 Å². The second-order valence-corrected chi connectivity index (χ2v) is 7.60. The second-order valence-electron chi connectivity index (χ2n) is 7.60. The molecular formula is C17H30N4O3. The molecule has 0 atom stereocenters. The number of hydrogen-bond acceptors (Lipinski definition) is 3. The van der Waals surface area contributed by atoms with Gasteiger partial charge in [0.05, 0.1) is 0 Å². The zero-order valence-corrected chi connectivity index (χ0v) is 15.1. The van der Waals surface area contributed by atoms with Gasteiger partial charge in [-0.25, -0.2) is 4.79 Å². The number of piperazine rings is 1. The molecule has 7 heteroatoms. The van der Waals surface area contributed by atoms with Gasteiger partial charge in [-0.3, -0.25) is 9.59 Å². The van der Waals surface area contributed by atoms with Crippen LogP contribution in [0.5, 0.6) is 0 Å². The van der Waals surface area contributed by atoms with Gasteiger partial charge in [-0.2, -0.15) is 0 Å². The standard InChI is InChI=1S/C17H30N4O3/c1-17(2,3)15(23)20-10-12-21(13-11-20)16(24)18-7-5-9-19-8-4-6-14(19)22/h4-13H2,1-3H3,(H,18,24). The maximum absolute atomic E-state index is 12.2. The lowest BCUT2D eigenvalue weighted by Crippen LogP contribution is -2.55. The summed E-state index contributed by atoms with van der Waals surface area (Å²) in [5.41, 5.74) is -0.378. The van der Waals surface area contributed by atoms with E-state index >= 15 is 0 Å². The van der Waals surface area contributed by atoms with E-state index in [-0.39, 0.29) is 23.3 Å². The number of rotatable bonds is 4. The Labute approximate surface area is 144 Å². The number of nitrogens with one attached hydrogen (secondary N) is 1. The topological polar surface area (TPSA) is 73.0 Å². The van der Waals surface area contributed by atoms with E-state index in [0.717, 1.165) is 19.4 Å². The molecule has 2 fully saturated rings. The molecule has 0 aromatic carbocycles. The molecule has 0 spiro atoms. The number of amides is 4. The SMILES string of the molecule is CC(C)(C)C(=O)N1CCN(C(=O)NCCCN2CCCC2=O)CC1. The molecule has 0 aromatic rings. The molecule has 2 saturated heterocycles. The first-order chi connectivity index (χ1) is 11.3. The second kappa shape index (κ2) is 7.85. The van der Waals surface area contributed by atoms with Crippen molar-refractivity contribution >= 4 is 17.8 Å². The molecule has 2 aliphatic heterocycles. The average Bonchev–Trinajstić information content (AvgIpc) is 2.95. The van der Waals surface area contributed by atoms with Crippen LogP contribution in [0.4, 0.5) is 4.79 Å². The Balaban J connectivity index is 1.64. The summed E-state index contributed by atoms with van der Waals surface area (Å²) in [6.45, 7) is 10.2. The van der Waals surface area contributed by atoms with Gasteiger partial charge in [-0.1, -0.05) is 20.8 Å². The third-order valence-corrected chi connectivity index (χ3v) is 4.55. The summed E-state index contributed by atoms with van der Waals surface area (Å²) in [6.07, 6.45) is 2.38. The van der Waals surface area contributed by atoms with E-state index in [4.69, 9.17) is 0 Å². The summed E-state index contributed by atoms with van der Waals surface area (Å²) in [5, 5.41) is 2.91. The Morgan fingerprint density at radius 1 is 1.04 bits per heavy atom. The zero-order valence-electron chi connectivity index (χ0n) is 15.1. The van der Waals surface area contributed by atoms with Gasteiger partial charge in [0.1, 0.15) is 0 Å². The van der Waals surface area contributed by atoms with Gasteiger partial charge in [-0.05, 0) is 12.8 Å². The molecule has 2 aliphatic rings. The predicted molar refractivity (Wildman–Crippen MR) is 91.4 cm³/mol. The van der Waals surface area contributed by atoms with Crippen LogP contribution in [-0.2, 0) is 9.59 Å². The quantitative estimate of drug-likeness (QED) is 0.774. The molecular weight excluding hydrogens is 308 g/mol. The summed E-state index contributed by atoms with van der Waals surface area (Å²) in [7, 11) is 0. The molecule has 0 bridgehead atoms. The average molecular weight is 338 g/mol.